The number of halogens is 2. The molecule has 2 aromatic carbocycles. The van der Waals surface area contributed by atoms with Gasteiger partial charge in [0.25, 0.3) is 5.91 Å². The zero-order valence-corrected chi connectivity index (χ0v) is 11.5. The summed E-state index contributed by atoms with van der Waals surface area (Å²) in [5.74, 6) is -2.29. The lowest BCUT2D eigenvalue weighted by molar-refractivity contribution is 0.0986. The minimum atomic E-state index is -1.01. The van der Waals surface area contributed by atoms with Crippen molar-refractivity contribution in [2.75, 3.05) is 29.9 Å². The van der Waals surface area contributed by atoms with Crippen LogP contribution >= 0.6 is 0 Å². The van der Waals surface area contributed by atoms with Crippen molar-refractivity contribution in [1.82, 2.24) is 0 Å². The SMILES string of the molecule is CN1CCN(C(=O)c2ccc(F)c(F)c2)c2ccccc21. The number of hydrogen-bond donors (Lipinski definition) is 0. The molecule has 5 heteroatoms. The number of rotatable bonds is 1. The third kappa shape index (κ3) is 2.35. The highest BCUT2D eigenvalue weighted by molar-refractivity contribution is 6.08. The van der Waals surface area contributed by atoms with Crippen molar-refractivity contribution in [1.29, 1.82) is 0 Å². The van der Waals surface area contributed by atoms with Gasteiger partial charge in [-0.2, -0.15) is 0 Å². The van der Waals surface area contributed by atoms with E-state index in [1.807, 2.05) is 31.3 Å². The Labute approximate surface area is 121 Å². The normalized spacial score (nSPS) is 14.0. The van der Waals surface area contributed by atoms with E-state index in [-0.39, 0.29) is 11.5 Å². The highest BCUT2D eigenvalue weighted by atomic mass is 19.2. The van der Waals surface area contributed by atoms with Gasteiger partial charge >= 0.3 is 0 Å². The van der Waals surface area contributed by atoms with Gasteiger partial charge in [-0.3, -0.25) is 4.79 Å². The molecule has 2 aromatic rings. The molecular weight excluding hydrogens is 274 g/mol. The maximum Gasteiger partial charge on any atom is 0.258 e. The molecule has 0 spiro atoms. The van der Waals surface area contributed by atoms with Crippen LogP contribution in [0, 0.1) is 11.6 Å². The largest absolute Gasteiger partial charge is 0.371 e. The number of benzene rings is 2. The molecule has 3 rings (SSSR count). The minimum Gasteiger partial charge on any atom is -0.371 e. The Morgan fingerprint density at radius 2 is 1.71 bits per heavy atom. The predicted octanol–water partition coefficient (Wildman–Crippen LogP) is 3.06. The number of fused-ring (bicyclic) bond motifs is 1. The molecule has 0 saturated heterocycles. The molecule has 21 heavy (non-hydrogen) atoms. The average Bonchev–Trinajstić information content (AvgIpc) is 2.50. The first kappa shape index (κ1) is 13.5. The van der Waals surface area contributed by atoms with Crippen LogP contribution in [0.2, 0.25) is 0 Å². The van der Waals surface area contributed by atoms with Crippen LogP contribution in [0.25, 0.3) is 0 Å². The van der Waals surface area contributed by atoms with Crippen LogP contribution < -0.4 is 9.80 Å². The zero-order chi connectivity index (χ0) is 15.0. The molecular formula is C16H14F2N2O. The Bertz CT molecular complexity index is 702. The number of para-hydroxylation sites is 2. The summed E-state index contributed by atoms with van der Waals surface area (Å²) in [5.41, 5.74) is 1.87. The van der Waals surface area contributed by atoms with Gasteiger partial charge in [0, 0.05) is 25.7 Å². The molecule has 0 fully saturated rings. The molecule has 0 unspecified atom stereocenters. The number of anilines is 2. The van der Waals surface area contributed by atoms with Crippen molar-refractivity contribution in [2.45, 2.75) is 0 Å². The first-order valence-corrected chi connectivity index (χ1v) is 6.65. The number of amides is 1. The van der Waals surface area contributed by atoms with E-state index in [9.17, 15) is 13.6 Å². The number of likely N-dealkylation sites (N-methyl/N-ethyl adjacent to an activating group) is 1. The summed E-state index contributed by atoms with van der Waals surface area (Å²) in [4.78, 5) is 16.2. The fourth-order valence-electron chi connectivity index (χ4n) is 2.50. The van der Waals surface area contributed by atoms with Crippen molar-refractivity contribution in [2.24, 2.45) is 0 Å². The van der Waals surface area contributed by atoms with Crippen LogP contribution in [0.3, 0.4) is 0 Å². The molecule has 1 heterocycles. The molecule has 0 aliphatic carbocycles. The van der Waals surface area contributed by atoms with Crippen LogP contribution in [-0.2, 0) is 0 Å². The van der Waals surface area contributed by atoms with E-state index in [2.05, 4.69) is 4.90 Å². The zero-order valence-electron chi connectivity index (χ0n) is 11.5. The predicted molar refractivity (Wildman–Crippen MR) is 77.7 cm³/mol. The summed E-state index contributed by atoms with van der Waals surface area (Å²) >= 11 is 0. The molecule has 108 valence electrons. The highest BCUT2D eigenvalue weighted by Crippen LogP contribution is 2.32. The van der Waals surface area contributed by atoms with E-state index < -0.39 is 11.6 Å². The van der Waals surface area contributed by atoms with Crippen molar-refractivity contribution in [3.8, 4) is 0 Å². The average molecular weight is 288 g/mol. The summed E-state index contributed by atoms with van der Waals surface area (Å²) in [6.07, 6.45) is 0. The Balaban J connectivity index is 1.99. The molecule has 1 aliphatic heterocycles. The van der Waals surface area contributed by atoms with E-state index in [1.54, 1.807) is 4.90 Å². The second-order valence-electron chi connectivity index (χ2n) is 5.00. The summed E-state index contributed by atoms with van der Waals surface area (Å²) < 4.78 is 26.3. The first-order chi connectivity index (χ1) is 10.1. The van der Waals surface area contributed by atoms with Crippen molar-refractivity contribution < 1.29 is 13.6 Å². The summed E-state index contributed by atoms with van der Waals surface area (Å²) in [6, 6.07) is 10.8. The van der Waals surface area contributed by atoms with Crippen LogP contribution in [0.1, 0.15) is 10.4 Å². The van der Waals surface area contributed by atoms with Gasteiger partial charge in [0.05, 0.1) is 11.4 Å². The van der Waals surface area contributed by atoms with Gasteiger partial charge < -0.3 is 9.80 Å². The molecule has 0 atom stereocenters. The maximum atomic E-state index is 13.3. The van der Waals surface area contributed by atoms with E-state index in [1.165, 1.54) is 6.07 Å². The topological polar surface area (TPSA) is 23.6 Å². The van der Waals surface area contributed by atoms with Gasteiger partial charge in [0.15, 0.2) is 11.6 Å². The molecule has 0 aromatic heterocycles. The molecule has 0 bridgehead atoms. The van der Waals surface area contributed by atoms with Gasteiger partial charge in [0.2, 0.25) is 0 Å². The first-order valence-electron chi connectivity index (χ1n) is 6.65. The highest BCUT2D eigenvalue weighted by Gasteiger charge is 2.26. The smallest absolute Gasteiger partial charge is 0.258 e. The van der Waals surface area contributed by atoms with Crippen LogP contribution in [0.5, 0.6) is 0 Å². The molecule has 0 saturated carbocycles. The molecule has 0 N–H and O–H groups in total. The molecule has 1 amide bonds. The fourth-order valence-corrected chi connectivity index (χ4v) is 2.50. The van der Waals surface area contributed by atoms with Gasteiger partial charge in [-0.1, -0.05) is 12.1 Å². The lowest BCUT2D eigenvalue weighted by Gasteiger charge is -2.35. The van der Waals surface area contributed by atoms with E-state index in [0.717, 1.165) is 23.5 Å². The van der Waals surface area contributed by atoms with Gasteiger partial charge in [-0.25, -0.2) is 8.78 Å². The van der Waals surface area contributed by atoms with E-state index in [0.29, 0.717) is 13.1 Å². The van der Waals surface area contributed by atoms with Crippen LogP contribution in [0.15, 0.2) is 42.5 Å². The Hall–Kier alpha value is -2.43. The van der Waals surface area contributed by atoms with Gasteiger partial charge in [-0.15, -0.1) is 0 Å². The second-order valence-corrected chi connectivity index (χ2v) is 5.00. The third-order valence-electron chi connectivity index (χ3n) is 3.65. The summed E-state index contributed by atoms with van der Waals surface area (Å²) in [5, 5.41) is 0. The lowest BCUT2D eigenvalue weighted by Crippen LogP contribution is -2.42. The summed E-state index contributed by atoms with van der Waals surface area (Å²) in [6.45, 7) is 1.19. The Kier molecular flexibility index (Phi) is 3.33. The number of nitrogens with zero attached hydrogens (tertiary/aromatic N) is 2. The van der Waals surface area contributed by atoms with Gasteiger partial charge in [0.1, 0.15) is 0 Å². The lowest BCUT2D eigenvalue weighted by atomic mass is 10.1. The monoisotopic (exact) mass is 288 g/mol. The Morgan fingerprint density at radius 3 is 2.43 bits per heavy atom. The van der Waals surface area contributed by atoms with Crippen molar-refractivity contribution >= 4 is 17.3 Å². The Morgan fingerprint density at radius 1 is 1.00 bits per heavy atom. The number of carbonyl (C=O) groups excluding carboxylic acids is 1. The van der Waals surface area contributed by atoms with E-state index >= 15 is 0 Å². The standard InChI is InChI=1S/C16H14F2N2O/c1-19-8-9-20(15-5-3-2-4-14(15)19)16(21)11-6-7-12(17)13(18)10-11/h2-7,10H,8-9H2,1H3. The minimum absolute atomic E-state index is 0.147. The fraction of sp³-hybridized carbons (Fsp3) is 0.188. The van der Waals surface area contributed by atoms with E-state index in [4.69, 9.17) is 0 Å². The second kappa shape index (κ2) is 5.16. The number of carbonyl (C=O) groups is 1. The van der Waals surface area contributed by atoms with Crippen molar-refractivity contribution in [3.05, 3.63) is 59.7 Å². The molecule has 3 nitrogen and oxygen atoms in total. The third-order valence-corrected chi connectivity index (χ3v) is 3.65. The maximum absolute atomic E-state index is 13.3. The molecule has 1 aliphatic rings. The van der Waals surface area contributed by atoms with Crippen LogP contribution in [0.4, 0.5) is 20.2 Å². The van der Waals surface area contributed by atoms with Crippen molar-refractivity contribution in [3.63, 3.8) is 0 Å². The molecule has 0 radical (unpaired) electrons. The van der Waals surface area contributed by atoms with Crippen LogP contribution in [-0.4, -0.2) is 26.0 Å². The summed E-state index contributed by atoms with van der Waals surface area (Å²) in [7, 11) is 1.96. The number of hydrogen-bond acceptors (Lipinski definition) is 2. The van der Waals surface area contributed by atoms with Gasteiger partial charge in [-0.05, 0) is 30.3 Å². The quantitative estimate of drug-likeness (QED) is 0.805.